The molecule has 1 aliphatic carbocycles. The number of rotatable bonds is 15. The van der Waals surface area contributed by atoms with Crippen molar-refractivity contribution in [3.05, 3.63) is 164 Å². The molecule has 0 spiro atoms. The highest BCUT2D eigenvalue weighted by atomic mass is 35.5. The lowest BCUT2D eigenvalue weighted by atomic mass is 9.85. The lowest BCUT2D eigenvalue weighted by Crippen LogP contribution is -2.55. The van der Waals surface area contributed by atoms with Crippen molar-refractivity contribution in [3.63, 3.8) is 0 Å². The quantitative estimate of drug-likeness (QED) is 0.0892. The van der Waals surface area contributed by atoms with Crippen molar-refractivity contribution in [3.8, 4) is 34.4 Å². The molecule has 1 fully saturated rings. The number of pyridine rings is 1. The zero-order valence-corrected chi connectivity index (χ0v) is 39.3. The van der Waals surface area contributed by atoms with E-state index in [2.05, 4.69) is 21.7 Å². The van der Waals surface area contributed by atoms with Crippen molar-refractivity contribution >= 4 is 50.9 Å². The average Bonchev–Trinajstić information content (AvgIpc) is 3.32. The topological polar surface area (TPSA) is 180 Å². The maximum Gasteiger partial charge on any atom is 0.326 e. The first kappa shape index (κ1) is 46.5. The van der Waals surface area contributed by atoms with E-state index < -0.39 is 40.1 Å². The highest BCUT2D eigenvalue weighted by Crippen LogP contribution is 2.42. The summed E-state index contributed by atoms with van der Waals surface area (Å²) in [6.07, 6.45) is 2.86. The Labute approximate surface area is 404 Å². The van der Waals surface area contributed by atoms with Crippen molar-refractivity contribution in [2.24, 2.45) is 5.92 Å². The first-order valence-corrected chi connectivity index (χ1v) is 24.5. The Morgan fingerprint density at radius 1 is 0.897 bits per heavy atom. The van der Waals surface area contributed by atoms with Gasteiger partial charge in [-0.15, -0.1) is 0 Å². The van der Waals surface area contributed by atoms with Gasteiger partial charge in [-0.1, -0.05) is 84.2 Å². The number of amides is 1. The SMILES string of the molecule is Cc1nc(NCC2CCC2)ccc1S(=O)(=O)N1Cc2cc3c(cc2C[C@H]1C(=O)NC(Cc1ccc(-c2ccc(C#N)cc2)cc1)C(=O)O)OC[C@H](c1ccc(OCc2ccc(Cl)c(Cl)c2)cc1)O3. The molecule has 0 saturated heterocycles. The average molecular weight is 973 g/mol. The molecule has 3 heterocycles. The number of nitrogens with one attached hydrogen (secondary N) is 2. The molecule has 3 aliphatic rings. The monoisotopic (exact) mass is 971 g/mol. The first-order valence-electron chi connectivity index (χ1n) is 22.3. The van der Waals surface area contributed by atoms with E-state index in [1.54, 1.807) is 61.5 Å². The molecule has 1 aromatic heterocycles. The fourth-order valence-electron chi connectivity index (χ4n) is 8.61. The van der Waals surface area contributed by atoms with Crippen LogP contribution < -0.4 is 24.8 Å². The third kappa shape index (κ3) is 10.3. The number of fused-ring (bicyclic) bond motifs is 2. The highest BCUT2D eigenvalue weighted by molar-refractivity contribution is 7.89. The van der Waals surface area contributed by atoms with Crippen LogP contribution in [0.3, 0.4) is 0 Å². The van der Waals surface area contributed by atoms with E-state index in [0.29, 0.717) is 67.9 Å². The van der Waals surface area contributed by atoms with Crippen LogP contribution in [0.15, 0.2) is 120 Å². The number of carboxylic acid groups (broad SMARTS) is 1. The zero-order valence-electron chi connectivity index (χ0n) is 37.0. The number of aliphatic carboxylic acids is 1. The molecule has 0 radical (unpaired) electrons. The molecule has 1 saturated carbocycles. The van der Waals surface area contributed by atoms with Gasteiger partial charge in [-0.25, -0.2) is 18.2 Å². The van der Waals surface area contributed by atoms with E-state index in [1.165, 1.54) is 12.5 Å². The van der Waals surface area contributed by atoms with Crippen molar-refractivity contribution in [2.45, 2.75) is 75.3 Å². The number of aromatic nitrogens is 1. The fraction of sp³-hybridized carbons (Fsp3) is 0.269. The number of hydrogen-bond donors (Lipinski definition) is 3. The number of halogens is 2. The molecule has 16 heteroatoms. The molecule has 5 aromatic carbocycles. The largest absolute Gasteiger partial charge is 0.489 e. The van der Waals surface area contributed by atoms with E-state index in [4.69, 9.17) is 42.7 Å². The molecule has 0 bridgehead atoms. The van der Waals surface area contributed by atoms with E-state index in [0.717, 1.165) is 45.9 Å². The minimum Gasteiger partial charge on any atom is -0.489 e. The van der Waals surface area contributed by atoms with Crippen LogP contribution >= 0.6 is 23.2 Å². The van der Waals surface area contributed by atoms with Gasteiger partial charge in [-0.05, 0) is 132 Å². The Morgan fingerprint density at radius 3 is 2.26 bits per heavy atom. The smallest absolute Gasteiger partial charge is 0.326 e. The van der Waals surface area contributed by atoms with Crippen LogP contribution in [-0.2, 0) is 45.6 Å². The number of anilines is 1. The minimum atomic E-state index is -4.41. The summed E-state index contributed by atoms with van der Waals surface area (Å²) in [6.45, 7) is 2.64. The lowest BCUT2D eigenvalue weighted by molar-refractivity contribution is -0.142. The predicted molar refractivity (Wildman–Crippen MR) is 257 cm³/mol. The second kappa shape index (κ2) is 19.9. The fourth-order valence-corrected chi connectivity index (χ4v) is 10.7. The van der Waals surface area contributed by atoms with Crippen LogP contribution in [0.25, 0.3) is 11.1 Å². The molecule has 6 aromatic rings. The Balaban J connectivity index is 0.949. The van der Waals surface area contributed by atoms with Gasteiger partial charge in [0.25, 0.3) is 0 Å². The molecule has 68 heavy (non-hydrogen) atoms. The maximum atomic E-state index is 14.8. The number of nitriles is 1. The summed E-state index contributed by atoms with van der Waals surface area (Å²) in [5.74, 6) is 0.573. The normalized spacial score (nSPS) is 17.2. The number of ether oxygens (including phenoxy) is 3. The van der Waals surface area contributed by atoms with Gasteiger partial charge in [0.1, 0.15) is 41.8 Å². The third-order valence-electron chi connectivity index (χ3n) is 12.7. The van der Waals surface area contributed by atoms with Gasteiger partial charge >= 0.3 is 5.97 Å². The molecule has 3 N–H and O–H groups in total. The van der Waals surface area contributed by atoms with E-state index >= 15 is 0 Å². The number of hydrogen-bond acceptors (Lipinski definition) is 10. The Kier molecular flexibility index (Phi) is 13.6. The summed E-state index contributed by atoms with van der Waals surface area (Å²) in [6, 6.07) is 33.2. The van der Waals surface area contributed by atoms with Gasteiger partial charge in [-0.3, -0.25) is 4.79 Å². The number of carbonyl (C=O) groups excluding carboxylic acids is 1. The standard InChI is InChI=1S/C52H47Cl2N5O8S/c1-31-49(19-20-50(57-31)56-27-34-3-2-4-34)68(63,64)59-28-40-25-47-46(66-30-48(67-47)38-14-16-41(17-15-38)65-29-35-9-18-42(53)43(54)21-35)24-39(40)23-45(59)51(60)58-44(52(61)62)22-32-5-10-36(11-6-32)37-12-7-33(26-55)8-13-37/h5-21,24-25,34,44-45,48H,2-4,22-23,27-30H2,1H3,(H,56,57)(H,58,60)(H,61,62)/t44?,45-,48+/m0/s1. The molecule has 9 rings (SSSR count). The second-order valence-corrected chi connectivity index (χ2v) is 20.0. The number of carbonyl (C=O) groups is 2. The van der Waals surface area contributed by atoms with Crippen molar-refractivity contribution in [1.29, 1.82) is 5.26 Å². The summed E-state index contributed by atoms with van der Waals surface area (Å²) in [7, 11) is -4.41. The molecule has 2 aliphatic heterocycles. The van der Waals surface area contributed by atoms with Gasteiger partial charge in [-0.2, -0.15) is 9.57 Å². The summed E-state index contributed by atoms with van der Waals surface area (Å²) in [4.78, 5) is 31.7. The number of nitrogens with zero attached hydrogens (tertiary/aromatic N) is 3. The van der Waals surface area contributed by atoms with Gasteiger partial charge in [0.2, 0.25) is 15.9 Å². The van der Waals surface area contributed by atoms with Gasteiger partial charge in [0.05, 0.1) is 27.4 Å². The summed E-state index contributed by atoms with van der Waals surface area (Å²) >= 11 is 12.2. The molecule has 13 nitrogen and oxygen atoms in total. The number of aryl methyl sites for hydroxylation is 1. The van der Waals surface area contributed by atoms with Crippen LogP contribution in [0.2, 0.25) is 10.0 Å². The van der Waals surface area contributed by atoms with Gasteiger partial charge < -0.3 is 30.0 Å². The first-order chi connectivity index (χ1) is 32.8. The van der Waals surface area contributed by atoms with E-state index in [1.807, 2.05) is 54.6 Å². The van der Waals surface area contributed by atoms with E-state index in [9.17, 15) is 23.1 Å². The van der Waals surface area contributed by atoms with Crippen LogP contribution in [0.5, 0.6) is 17.2 Å². The zero-order chi connectivity index (χ0) is 47.5. The second-order valence-electron chi connectivity index (χ2n) is 17.3. The van der Waals surface area contributed by atoms with Gasteiger partial charge in [0, 0.05) is 19.5 Å². The molecule has 3 atom stereocenters. The van der Waals surface area contributed by atoms with Crippen LogP contribution in [0.4, 0.5) is 5.82 Å². The molecular weight excluding hydrogens is 926 g/mol. The lowest BCUT2D eigenvalue weighted by Gasteiger charge is -2.37. The molecule has 1 unspecified atom stereocenters. The van der Waals surface area contributed by atoms with Crippen LogP contribution in [0, 0.1) is 24.2 Å². The molecular formula is C52H47Cl2N5O8S. The third-order valence-corrected chi connectivity index (χ3v) is 15.5. The molecule has 1 amide bonds. The Hall–Kier alpha value is -6.63. The highest BCUT2D eigenvalue weighted by Gasteiger charge is 2.42. The molecule has 348 valence electrons. The minimum absolute atomic E-state index is 0.0581. The van der Waals surface area contributed by atoms with E-state index in [-0.39, 0.29) is 36.6 Å². The Bertz CT molecular complexity index is 3020. The summed E-state index contributed by atoms with van der Waals surface area (Å²) < 4.78 is 49.5. The van der Waals surface area contributed by atoms with Crippen molar-refractivity contribution in [1.82, 2.24) is 14.6 Å². The maximum absolute atomic E-state index is 14.8. The van der Waals surface area contributed by atoms with Crippen LogP contribution in [-0.4, -0.2) is 59.9 Å². The summed E-state index contributed by atoms with van der Waals surface area (Å²) in [5, 5.41) is 26.5. The Morgan fingerprint density at radius 2 is 1.60 bits per heavy atom. The van der Waals surface area contributed by atoms with Crippen LogP contribution in [0.1, 0.15) is 64.4 Å². The summed E-state index contributed by atoms with van der Waals surface area (Å²) in [5.41, 5.74) is 6.16. The van der Waals surface area contributed by atoms with Crippen molar-refractivity contribution < 1.29 is 37.3 Å². The van der Waals surface area contributed by atoms with Crippen molar-refractivity contribution in [2.75, 3.05) is 18.5 Å². The number of sulfonamides is 1. The number of benzene rings is 5. The predicted octanol–water partition coefficient (Wildman–Crippen LogP) is 9.47. The van der Waals surface area contributed by atoms with Gasteiger partial charge in [0.15, 0.2) is 17.6 Å². The number of carboxylic acids is 1.